The largest absolute Gasteiger partial charge is 0.322 e. The number of nitrogens with zero attached hydrogens (tertiary/aromatic N) is 2. The van der Waals surface area contributed by atoms with E-state index >= 15 is 0 Å². The fourth-order valence-corrected chi connectivity index (χ4v) is 6.85. The molecule has 2 aromatic carbocycles. The van der Waals surface area contributed by atoms with Gasteiger partial charge in [0.15, 0.2) is 0 Å². The lowest BCUT2D eigenvalue weighted by atomic mass is 9.95. The SMILES string of the molecule is Cc1ccc(NC(=O)N2Cc3c(sc4c3CCCC4)-n3cccc3C2c2cccc(Cl)c2)cc1. The smallest absolute Gasteiger partial charge is 0.310 e. The fourth-order valence-electron chi connectivity index (χ4n) is 5.25. The van der Waals surface area contributed by atoms with Crippen molar-refractivity contribution in [1.29, 1.82) is 0 Å². The van der Waals surface area contributed by atoms with E-state index in [1.54, 1.807) is 0 Å². The normalized spacial score (nSPS) is 16.9. The molecule has 4 aromatic rings. The van der Waals surface area contributed by atoms with Gasteiger partial charge in [-0.05, 0) is 80.1 Å². The molecule has 34 heavy (non-hydrogen) atoms. The predicted octanol–water partition coefficient (Wildman–Crippen LogP) is 7.52. The van der Waals surface area contributed by atoms with Crippen molar-refractivity contribution in [2.24, 2.45) is 0 Å². The Morgan fingerprint density at radius 3 is 2.68 bits per heavy atom. The molecule has 0 spiro atoms. The third-order valence-electron chi connectivity index (χ3n) is 6.91. The summed E-state index contributed by atoms with van der Waals surface area (Å²) in [6, 6.07) is 19.7. The van der Waals surface area contributed by atoms with E-state index in [4.69, 9.17) is 11.6 Å². The summed E-state index contributed by atoms with van der Waals surface area (Å²) in [5.41, 5.74) is 6.80. The molecular weight excluding hydrogens is 462 g/mol. The number of urea groups is 1. The number of anilines is 1. The van der Waals surface area contributed by atoms with Gasteiger partial charge in [-0.3, -0.25) is 0 Å². The quantitative estimate of drug-likeness (QED) is 0.312. The van der Waals surface area contributed by atoms with Gasteiger partial charge in [-0.25, -0.2) is 4.79 Å². The number of halogens is 1. The fraction of sp³-hybridized carbons (Fsp3) is 0.250. The number of amides is 2. The van der Waals surface area contributed by atoms with Gasteiger partial charge in [0, 0.05) is 27.3 Å². The van der Waals surface area contributed by atoms with Crippen molar-refractivity contribution in [3.8, 4) is 5.00 Å². The predicted molar refractivity (Wildman–Crippen MR) is 139 cm³/mol. The van der Waals surface area contributed by atoms with E-state index in [9.17, 15) is 4.79 Å². The Balaban J connectivity index is 1.50. The molecule has 1 N–H and O–H groups in total. The van der Waals surface area contributed by atoms with Crippen LogP contribution in [0.15, 0.2) is 66.9 Å². The van der Waals surface area contributed by atoms with E-state index < -0.39 is 0 Å². The lowest BCUT2D eigenvalue weighted by molar-refractivity contribution is 0.194. The summed E-state index contributed by atoms with van der Waals surface area (Å²) < 4.78 is 2.29. The van der Waals surface area contributed by atoms with Crippen LogP contribution >= 0.6 is 22.9 Å². The molecule has 1 aliphatic carbocycles. The van der Waals surface area contributed by atoms with Crippen LogP contribution in [0.3, 0.4) is 0 Å². The van der Waals surface area contributed by atoms with Gasteiger partial charge in [-0.15, -0.1) is 11.3 Å². The Morgan fingerprint density at radius 2 is 1.85 bits per heavy atom. The number of nitrogens with one attached hydrogen (secondary N) is 1. The summed E-state index contributed by atoms with van der Waals surface area (Å²) in [6.45, 7) is 2.61. The average molecular weight is 488 g/mol. The minimum Gasteiger partial charge on any atom is -0.310 e. The summed E-state index contributed by atoms with van der Waals surface area (Å²) in [4.78, 5) is 17.3. The van der Waals surface area contributed by atoms with Crippen LogP contribution in [0.5, 0.6) is 0 Å². The molecule has 0 bridgehead atoms. The van der Waals surface area contributed by atoms with Crippen molar-refractivity contribution in [1.82, 2.24) is 9.47 Å². The molecule has 1 atom stereocenters. The molecule has 1 aliphatic heterocycles. The van der Waals surface area contributed by atoms with E-state index in [0.717, 1.165) is 35.3 Å². The molecule has 3 heterocycles. The van der Waals surface area contributed by atoms with Gasteiger partial charge >= 0.3 is 6.03 Å². The highest BCUT2D eigenvalue weighted by Crippen LogP contribution is 2.44. The molecule has 2 amide bonds. The molecule has 0 saturated heterocycles. The second kappa shape index (κ2) is 8.64. The lowest BCUT2D eigenvalue weighted by Crippen LogP contribution is -2.38. The highest BCUT2D eigenvalue weighted by molar-refractivity contribution is 7.15. The van der Waals surface area contributed by atoms with Crippen molar-refractivity contribution in [3.63, 3.8) is 0 Å². The van der Waals surface area contributed by atoms with Crippen LogP contribution in [-0.4, -0.2) is 15.5 Å². The maximum Gasteiger partial charge on any atom is 0.322 e. The van der Waals surface area contributed by atoms with Crippen molar-refractivity contribution in [2.75, 3.05) is 5.32 Å². The van der Waals surface area contributed by atoms with Crippen molar-refractivity contribution < 1.29 is 4.79 Å². The molecule has 6 rings (SSSR count). The highest BCUT2D eigenvalue weighted by atomic mass is 35.5. The molecule has 6 heteroatoms. The Hall–Kier alpha value is -3.02. The second-order valence-corrected chi connectivity index (χ2v) is 10.7. The number of carbonyl (C=O) groups excluding carboxylic acids is 1. The lowest BCUT2D eigenvalue weighted by Gasteiger charge is -2.31. The first kappa shape index (κ1) is 21.5. The molecule has 0 radical (unpaired) electrons. The number of aryl methyl sites for hydroxylation is 2. The third-order valence-corrected chi connectivity index (χ3v) is 8.48. The number of hydrogen-bond donors (Lipinski definition) is 1. The summed E-state index contributed by atoms with van der Waals surface area (Å²) in [5, 5.41) is 5.08. The topological polar surface area (TPSA) is 37.3 Å². The van der Waals surface area contributed by atoms with Gasteiger partial charge in [0.1, 0.15) is 5.00 Å². The Labute approximate surface area is 208 Å². The number of rotatable bonds is 2. The third kappa shape index (κ3) is 3.73. The number of hydrogen-bond acceptors (Lipinski definition) is 2. The summed E-state index contributed by atoms with van der Waals surface area (Å²) in [5.74, 6) is 0. The maximum absolute atomic E-state index is 13.9. The zero-order chi connectivity index (χ0) is 23.2. The molecule has 2 aromatic heterocycles. The summed E-state index contributed by atoms with van der Waals surface area (Å²) in [6.07, 6.45) is 6.81. The van der Waals surface area contributed by atoms with Gasteiger partial charge in [0.2, 0.25) is 0 Å². The van der Waals surface area contributed by atoms with E-state index in [2.05, 4.69) is 34.3 Å². The molecule has 2 aliphatic rings. The monoisotopic (exact) mass is 487 g/mol. The molecule has 4 nitrogen and oxygen atoms in total. The van der Waals surface area contributed by atoms with Crippen LogP contribution in [0.2, 0.25) is 5.02 Å². The summed E-state index contributed by atoms with van der Waals surface area (Å²) in [7, 11) is 0. The van der Waals surface area contributed by atoms with Crippen LogP contribution in [0.25, 0.3) is 5.00 Å². The number of benzene rings is 2. The van der Waals surface area contributed by atoms with E-state index in [0.29, 0.717) is 11.6 Å². The van der Waals surface area contributed by atoms with Crippen LogP contribution < -0.4 is 5.32 Å². The van der Waals surface area contributed by atoms with Crippen molar-refractivity contribution in [2.45, 2.75) is 45.2 Å². The number of fused-ring (bicyclic) bond motifs is 5. The van der Waals surface area contributed by atoms with Crippen LogP contribution in [0.1, 0.15) is 51.7 Å². The van der Waals surface area contributed by atoms with Gasteiger partial charge in [-0.1, -0.05) is 41.4 Å². The Kier molecular flexibility index (Phi) is 5.47. The average Bonchev–Trinajstić information content (AvgIpc) is 3.42. The Morgan fingerprint density at radius 1 is 1.03 bits per heavy atom. The van der Waals surface area contributed by atoms with Gasteiger partial charge in [0.05, 0.1) is 18.3 Å². The zero-order valence-corrected chi connectivity index (χ0v) is 20.6. The maximum atomic E-state index is 13.9. The number of carbonyl (C=O) groups is 1. The standard InChI is InChI=1S/C28H26ClN3OS/c1-18-11-13-21(14-12-18)30-28(33)32-17-23-22-8-2-3-10-25(22)34-27(23)31-15-5-9-24(31)26(32)19-6-4-7-20(29)16-19/h4-7,9,11-16,26H,2-3,8,10,17H2,1H3,(H,30,33). The molecule has 1 unspecified atom stereocenters. The van der Waals surface area contributed by atoms with Gasteiger partial charge < -0.3 is 14.8 Å². The second-order valence-electron chi connectivity index (χ2n) is 9.18. The number of aromatic nitrogens is 1. The zero-order valence-electron chi connectivity index (χ0n) is 19.1. The van der Waals surface area contributed by atoms with Crippen molar-refractivity contribution in [3.05, 3.63) is 105 Å². The first-order valence-electron chi connectivity index (χ1n) is 11.8. The van der Waals surface area contributed by atoms with Gasteiger partial charge in [0.25, 0.3) is 0 Å². The number of thiophene rings is 1. The van der Waals surface area contributed by atoms with Crippen molar-refractivity contribution >= 4 is 34.7 Å². The first-order chi connectivity index (χ1) is 16.6. The van der Waals surface area contributed by atoms with E-state index in [1.807, 2.05) is 65.6 Å². The molecule has 0 saturated carbocycles. The van der Waals surface area contributed by atoms with E-state index in [1.165, 1.54) is 33.8 Å². The molecule has 0 fully saturated rings. The molecular formula is C28H26ClN3OS. The minimum absolute atomic E-state index is 0.106. The Bertz CT molecular complexity index is 1370. The van der Waals surface area contributed by atoms with Crippen LogP contribution in [0.4, 0.5) is 10.5 Å². The van der Waals surface area contributed by atoms with Crippen LogP contribution in [-0.2, 0) is 19.4 Å². The first-order valence-corrected chi connectivity index (χ1v) is 13.0. The van der Waals surface area contributed by atoms with Gasteiger partial charge in [-0.2, -0.15) is 0 Å². The van der Waals surface area contributed by atoms with Crippen LogP contribution in [0, 0.1) is 6.92 Å². The highest BCUT2D eigenvalue weighted by Gasteiger charge is 2.36. The minimum atomic E-state index is -0.252. The molecule has 172 valence electrons. The van der Waals surface area contributed by atoms with E-state index in [-0.39, 0.29) is 12.1 Å². The summed E-state index contributed by atoms with van der Waals surface area (Å²) >= 11 is 8.31.